The summed E-state index contributed by atoms with van der Waals surface area (Å²) in [5, 5.41) is 3.76. The van der Waals surface area contributed by atoms with Gasteiger partial charge in [-0.2, -0.15) is 0 Å². The first-order valence-corrected chi connectivity index (χ1v) is 8.26. The number of hydrogen-bond acceptors (Lipinski definition) is 5. The molecule has 0 aromatic carbocycles. The van der Waals surface area contributed by atoms with Crippen LogP contribution in [0.5, 0.6) is 0 Å². The van der Waals surface area contributed by atoms with E-state index in [1.807, 2.05) is 31.2 Å². The molecule has 0 saturated heterocycles. The summed E-state index contributed by atoms with van der Waals surface area (Å²) >= 11 is 8.67. The Morgan fingerprint density at radius 2 is 2.19 bits per heavy atom. The van der Waals surface area contributed by atoms with Crippen molar-refractivity contribution in [1.82, 2.24) is 10.3 Å². The number of carbonyl (C=O) groups excluding carboxylic acids is 1. The van der Waals surface area contributed by atoms with Gasteiger partial charge in [-0.15, -0.1) is 22.7 Å². The van der Waals surface area contributed by atoms with Gasteiger partial charge in [-0.3, -0.25) is 4.79 Å². The number of anilines is 1. The van der Waals surface area contributed by atoms with Gasteiger partial charge in [-0.05, 0) is 31.2 Å². The van der Waals surface area contributed by atoms with Crippen molar-refractivity contribution in [2.45, 2.75) is 13.0 Å². The average Bonchev–Trinajstić information content (AvgIpc) is 3.04. The van der Waals surface area contributed by atoms with E-state index in [4.69, 9.17) is 17.3 Å². The fraction of sp³-hybridized carbons (Fsp3) is 0.143. The first-order valence-electron chi connectivity index (χ1n) is 6.25. The molecule has 1 unspecified atom stereocenters. The van der Waals surface area contributed by atoms with Crippen LogP contribution in [0.3, 0.4) is 0 Å². The molecule has 21 heavy (non-hydrogen) atoms. The van der Waals surface area contributed by atoms with Crippen molar-refractivity contribution in [3.8, 4) is 0 Å². The molecular weight excluding hydrogens is 326 g/mol. The lowest BCUT2D eigenvalue weighted by molar-refractivity contribution is 0.0945. The van der Waals surface area contributed by atoms with Crippen molar-refractivity contribution in [3.63, 3.8) is 0 Å². The minimum absolute atomic E-state index is 0.118. The third kappa shape index (κ3) is 2.74. The van der Waals surface area contributed by atoms with Crippen LogP contribution in [0.25, 0.3) is 10.2 Å². The van der Waals surface area contributed by atoms with E-state index in [0.717, 1.165) is 15.1 Å². The number of aromatic nitrogens is 1. The van der Waals surface area contributed by atoms with Crippen molar-refractivity contribution in [3.05, 3.63) is 44.6 Å². The maximum atomic E-state index is 12.4. The molecule has 4 nitrogen and oxygen atoms in total. The van der Waals surface area contributed by atoms with Crippen LogP contribution in [0.2, 0.25) is 4.34 Å². The number of rotatable bonds is 3. The molecule has 7 heteroatoms. The molecule has 0 bridgehead atoms. The zero-order valence-corrected chi connectivity index (χ0v) is 13.5. The number of nitrogens with one attached hydrogen (secondary N) is 1. The maximum absolute atomic E-state index is 12.4. The number of nitrogens with zero attached hydrogens (tertiary/aromatic N) is 1. The molecular formula is C14H12ClN3OS2. The fourth-order valence-corrected chi connectivity index (χ4v) is 4.04. The Labute approximate surface area is 134 Å². The third-order valence-corrected chi connectivity index (χ3v) is 5.62. The third-order valence-electron chi connectivity index (χ3n) is 3.08. The number of thiophene rings is 2. The van der Waals surface area contributed by atoms with E-state index in [1.54, 1.807) is 6.20 Å². The van der Waals surface area contributed by atoms with Gasteiger partial charge in [0.05, 0.1) is 16.1 Å². The lowest BCUT2D eigenvalue weighted by atomic mass is 10.2. The summed E-state index contributed by atoms with van der Waals surface area (Å²) in [6.07, 6.45) is 1.69. The Bertz CT molecular complexity index is 812. The van der Waals surface area contributed by atoms with E-state index in [2.05, 4.69) is 10.3 Å². The maximum Gasteiger partial charge on any atom is 0.264 e. The second-order valence-electron chi connectivity index (χ2n) is 4.54. The van der Waals surface area contributed by atoms with Crippen LogP contribution < -0.4 is 11.1 Å². The second-order valence-corrected chi connectivity index (χ2v) is 7.28. The van der Waals surface area contributed by atoms with Gasteiger partial charge in [0.1, 0.15) is 9.71 Å². The highest BCUT2D eigenvalue weighted by Crippen LogP contribution is 2.33. The normalized spacial score (nSPS) is 12.5. The molecule has 3 aromatic heterocycles. The van der Waals surface area contributed by atoms with E-state index in [0.29, 0.717) is 14.9 Å². The Morgan fingerprint density at radius 3 is 2.86 bits per heavy atom. The summed E-state index contributed by atoms with van der Waals surface area (Å²) in [5.41, 5.74) is 6.53. The van der Waals surface area contributed by atoms with Gasteiger partial charge in [0.2, 0.25) is 0 Å². The summed E-state index contributed by atoms with van der Waals surface area (Å²) in [5.74, 6) is -0.187. The lowest BCUT2D eigenvalue weighted by Crippen LogP contribution is -2.25. The van der Waals surface area contributed by atoms with Gasteiger partial charge in [0.25, 0.3) is 5.91 Å². The molecule has 0 saturated carbocycles. The van der Waals surface area contributed by atoms with E-state index < -0.39 is 0 Å². The summed E-state index contributed by atoms with van der Waals surface area (Å²) in [4.78, 5) is 18.9. The molecule has 0 aliphatic rings. The van der Waals surface area contributed by atoms with Crippen LogP contribution in [-0.4, -0.2) is 10.9 Å². The number of pyridine rings is 1. The number of amides is 1. The number of fused-ring (bicyclic) bond motifs is 1. The summed E-state index contributed by atoms with van der Waals surface area (Å²) in [7, 11) is 0. The lowest BCUT2D eigenvalue weighted by Gasteiger charge is -2.11. The Balaban J connectivity index is 1.85. The molecule has 3 aromatic rings. The number of halogens is 1. The monoisotopic (exact) mass is 337 g/mol. The van der Waals surface area contributed by atoms with Crippen LogP contribution in [-0.2, 0) is 0 Å². The van der Waals surface area contributed by atoms with Crippen molar-refractivity contribution in [1.29, 1.82) is 0 Å². The Morgan fingerprint density at radius 1 is 1.38 bits per heavy atom. The number of carbonyl (C=O) groups is 1. The van der Waals surface area contributed by atoms with Gasteiger partial charge in [-0.25, -0.2) is 4.98 Å². The largest absolute Gasteiger partial charge is 0.397 e. The van der Waals surface area contributed by atoms with Crippen LogP contribution in [0.15, 0.2) is 30.5 Å². The molecule has 0 aliphatic heterocycles. The van der Waals surface area contributed by atoms with Gasteiger partial charge in [-0.1, -0.05) is 11.6 Å². The average molecular weight is 338 g/mol. The highest BCUT2D eigenvalue weighted by atomic mass is 35.5. The predicted molar refractivity (Wildman–Crippen MR) is 89.2 cm³/mol. The molecule has 0 radical (unpaired) electrons. The topological polar surface area (TPSA) is 68.0 Å². The van der Waals surface area contributed by atoms with E-state index in [9.17, 15) is 4.79 Å². The van der Waals surface area contributed by atoms with Crippen LogP contribution in [0.1, 0.15) is 27.5 Å². The summed E-state index contributed by atoms with van der Waals surface area (Å²) in [6, 6.07) is 7.29. The minimum atomic E-state index is -0.187. The first-order chi connectivity index (χ1) is 10.1. The van der Waals surface area contributed by atoms with Crippen molar-refractivity contribution in [2.24, 2.45) is 0 Å². The molecule has 0 fully saturated rings. The van der Waals surface area contributed by atoms with Crippen LogP contribution in [0.4, 0.5) is 5.69 Å². The van der Waals surface area contributed by atoms with E-state index in [1.165, 1.54) is 22.7 Å². The van der Waals surface area contributed by atoms with E-state index >= 15 is 0 Å². The molecule has 3 rings (SSSR count). The fourth-order valence-electron chi connectivity index (χ4n) is 2.01. The predicted octanol–water partition coefficient (Wildman–Crippen LogP) is 4.08. The SMILES string of the molecule is CC(NC(=O)c1sc2ncccc2c1N)c1ccc(Cl)s1. The molecule has 1 atom stereocenters. The molecule has 3 heterocycles. The van der Waals surface area contributed by atoms with Gasteiger partial charge < -0.3 is 11.1 Å². The zero-order valence-electron chi connectivity index (χ0n) is 11.1. The second kappa shape index (κ2) is 5.63. The van der Waals surface area contributed by atoms with Gasteiger partial charge in [0, 0.05) is 16.5 Å². The summed E-state index contributed by atoms with van der Waals surface area (Å²) < 4.78 is 0.705. The zero-order chi connectivity index (χ0) is 15.0. The smallest absolute Gasteiger partial charge is 0.264 e. The molecule has 0 aliphatic carbocycles. The molecule has 1 amide bonds. The highest BCUT2D eigenvalue weighted by molar-refractivity contribution is 7.21. The van der Waals surface area contributed by atoms with E-state index in [-0.39, 0.29) is 11.9 Å². The molecule has 0 spiro atoms. The van der Waals surface area contributed by atoms with Crippen LogP contribution in [0, 0.1) is 0 Å². The van der Waals surface area contributed by atoms with Crippen molar-refractivity contribution in [2.75, 3.05) is 5.73 Å². The minimum Gasteiger partial charge on any atom is -0.397 e. The van der Waals surface area contributed by atoms with Crippen LogP contribution >= 0.6 is 34.3 Å². The standard InChI is InChI=1S/C14H12ClN3OS2/c1-7(9-4-5-10(15)20-9)18-13(19)12-11(16)8-3-2-6-17-14(8)21-12/h2-7H,16H2,1H3,(H,18,19). The highest BCUT2D eigenvalue weighted by Gasteiger charge is 2.19. The quantitative estimate of drug-likeness (QED) is 0.756. The number of nitrogen functional groups attached to an aromatic ring is 1. The van der Waals surface area contributed by atoms with Gasteiger partial charge in [0.15, 0.2) is 0 Å². The molecule has 108 valence electrons. The number of hydrogen-bond donors (Lipinski definition) is 2. The molecule has 3 N–H and O–H groups in total. The summed E-state index contributed by atoms with van der Waals surface area (Å²) in [6.45, 7) is 1.92. The Hall–Kier alpha value is -1.63. The number of nitrogens with two attached hydrogens (primary N) is 1. The van der Waals surface area contributed by atoms with Crippen molar-refractivity contribution < 1.29 is 4.79 Å². The first kappa shape index (κ1) is 14.3. The Kier molecular flexibility index (Phi) is 3.84. The van der Waals surface area contributed by atoms with Gasteiger partial charge >= 0.3 is 0 Å². The van der Waals surface area contributed by atoms with Crippen molar-refractivity contribution >= 4 is 56.1 Å².